The third kappa shape index (κ3) is 3.58. The molecular weight excluding hydrogens is 388 g/mol. The molecule has 1 N–H and O–H groups in total. The van der Waals surface area contributed by atoms with Crippen molar-refractivity contribution in [2.45, 2.75) is 26.3 Å². The molecule has 2 aromatic heterocycles. The number of nitrogens with one attached hydrogen (secondary N) is 1. The molecule has 1 aliphatic rings. The number of ketones is 1. The minimum Gasteiger partial charge on any atom is -0.325 e. The van der Waals surface area contributed by atoms with Crippen molar-refractivity contribution in [2.24, 2.45) is 0 Å². The monoisotopic (exact) mass is 408 g/mol. The summed E-state index contributed by atoms with van der Waals surface area (Å²) in [5, 5.41) is 5.33. The number of aromatic nitrogens is 2. The molecular formula is C21H20N4O3S. The average Bonchev–Trinajstić information content (AvgIpc) is 3.38. The molecule has 1 saturated heterocycles. The minimum atomic E-state index is -0.652. The average molecular weight is 408 g/mol. The van der Waals surface area contributed by atoms with E-state index < -0.39 is 12.1 Å². The third-order valence-electron chi connectivity index (χ3n) is 5.03. The van der Waals surface area contributed by atoms with Crippen LogP contribution >= 0.6 is 11.3 Å². The van der Waals surface area contributed by atoms with Crippen molar-refractivity contribution in [3.8, 4) is 5.13 Å². The highest BCUT2D eigenvalue weighted by atomic mass is 32.1. The molecule has 8 heteroatoms. The largest absolute Gasteiger partial charge is 0.325 e. The fourth-order valence-electron chi connectivity index (χ4n) is 3.61. The Labute approximate surface area is 172 Å². The van der Waals surface area contributed by atoms with Gasteiger partial charge in [-0.05, 0) is 25.5 Å². The van der Waals surface area contributed by atoms with Crippen molar-refractivity contribution < 1.29 is 14.4 Å². The SMILES string of the molecule is Cc1cc(C(=O)CN2C(=O)N[C@H](Cc3ccccc3)C2=O)c(C)n1-c1nccs1. The molecule has 0 radical (unpaired) electrons. The highest BCUT2D eigenvalue weighted by Gasteiger charge is 2.39. The number of urea groups is 1. The van der Waals surface area contributed by atoms with Crippen molar-refractivity contribution >= 4 is 29.1 Å². The van der Waals surface area contributed by atoms with Gasteiger partial charge in [0.15, 0.2) is 10.9 Å². The fourth-order valence-corrected chi connectivity index (χ4v) is 4.36. The molecule has 1 aromatic carbocycles. The van der Waals surface area contributed by atoms with Gasteiger partial charge in [-0.3, -0.25) is 19.1 Å². The summed E-state index contributed by atoms with van der Waals surface area (Å²) in [6, 6.07) is 10.1. The summed E-state index contributed by atoms with van der Waals surface area (Å²) in [5.41, 5.74) is 3.06. The number of benzene rings is 1. The third-order valence-corrected chi connectivity index (χ3v) is 5.79. The van der Waals surface area contributed by atoms with Gasteiger partial charge in [0.1, 0.15) is 6.04 Å². The second-order valence-electron chi connectivity index (χ2n) is 6.97. The Morgan fingerprint density at radius 3 is 2.66 bits per heavy atom. The maximum absolute atomic E-state index is 12.9. The van der Waals surface area contributed by atoms with Crippen LogP contribution in [0.25, 0.3) is 5.13 Å². The molecule has 148 valence electrons. The first-order valence-corrected chi connectivity index (χ1v) is 10.1. The Morgan fingerprint density at radius 2 is 1.97 bits per heavy atom. The number of rotatable bonds is 6. The van der Waals surface area contributed by atoms with Gasteiger partial charge in [-0.25, -0.2) is 9.78 Å². The second-order valence-corrected chi connectivity index (χ2v) is 7.85. The van der Waals surface area contributed by atoms with Gasteiger partial charge < -0.3 is 5.32 Å². The quantitative estimate of drug-likeness (QED) is 0.502. The van der Waals surface area contributed by atoms with Gasteiger partial charge in [0.25, 0.3) is 5.91 Å². The van der Waals surface area contributed by atoms with Gasteiger partial charge >= 0.3 is 6.03 Å². The first-order valence-electron chi connectivity index (χ1n) is 9.23. The number of Topliss-reactive ketones (excluding diaryl/α,β-unsaturated/α-hetero) is 1. The van der Waals surface area contributed by atoms with Crippen LogP contribution in [0, 0.1) is 13.8 Å². The number of aryl methyl sites for hydroxylation is 1. The summed E-state index contributed by atoms with van der Waals surface area (Å²) in [6.07, 6.45) is 2.11. The van der Waals surface area contributed by atoms with Crippen molar-refractivity contribution in [3.63, 3.8) is 0 Å². The highest BCUT2D eigenvalue weighted by molar-refractivity contribution is 7.12. The maximum atomic E-state index is 12.9. The van der Waals surface area contributed by atoms with Crippen LogP contribution < -0.4 is 5.32 Å². The molecule has 3 aromatic rings. The maximum Gasteiger partial charge on any atom is 0.325 e. The Hall–Kier alpha value is -3.26. The summed E-state index contributed by atoms with van der Waals surface area (Å²) in [7, 11) is 0. The number of hydrogen-bond donors (Lipinski definition) is 1. The van der Waals surface area contributed by atoms with Crippen LogP contribution in [0.1, 0.15) is 27.3 Å². The van der Waals surface area contributed by atoms with Gasteiger partial charge in [-0.2, -0.15) is 0 Å². The lowest BCUT2D eigenvalue weighted by molar-refractivity contribution is -0.127. The molecule has 1 aliphatic heterocycles. The number of nitrogens with zero attached hydrogens (tertiary/aromatic N) is 3. The smallest absolute Gasteiger partial charge is 0.325 e. The molecule has 29 heavy (non-hydrogen) atoms. The topological polar surface area (TPSA) is 84.3 Å². The fraction of sp³-hybridized carbons (Fsp3) is 0.238. The molecule has 3 heterocycles. The summed E-state index contributed by atoms with van der Waals surface area (Å²) in [4.78, 5) is 43.2. The summed E-state index contributed by atoms with van der Waals surface area (Å²) in [6.45, 7) is 3.46. The Bertz CT molecular complexity index is 1070. The molecule has 4 rings (SSSR count). The van der Waals surface area contributed by atoms with E-state index in [0.29, 0.717) is 12.0 Å². The Balaban J connectivity index is 1.51. The van der Waals surface area contributed by atoms with Crippen LogP contribution in [0.4, 0.5) is 4.79 Å². The Morgan fingerprint density at radius 1 is 1.21 bits per heavy atom. The van der Waals surface area contributed by atoms with Crippen molar-refractivity contribution in [1.29, 1.82) is 0 Å². The number of hydrogen-bond acceptors (Lipinski definition) is 5. The normalized spacial score (nSPS) is 16.3. The van der Waals surface area contributed by atoms with E-state index in [9.17, 15) is 14.4 Å². The lowest BCUT2D eigenvalue weighted by atomic mass is 10.1. The van der Waals surface area contributed by atoms with Crippen LogP contribution in [-0.4, -0.2) is 44.8 Å². The van der Waals surface area contributed by atoms with Crippen LogP contribution in [0.3, 0.4) is 0 Å². The van der Waals surface area contributed by atoms with E-state index in [4.69, 9.17) is 0 Å². The van der Waals surface area contributed by atoms with Crippen LogP contribution in [0.2, 0.25) is 0 Å². The van der Waals surface area contributed by atoms with Gasteiger partial charge in [-0.15, -0.1) is 11.3 Å². The molecule has 1 fully saturated rings. The lowest BCUT2D eigenvalue weighted by Crippen LogP contribution is -2.36. The molecule has 0 saturated carbocycles. The van der Waals surface area contributed by atoms with Crippen molar-refractivity contribution in [3.05, 3.63) is 70.5 Å². The van der Waals surface area contributed by atoms with Gasteiger partial charge in [0.2, 0.25) is 0 Å². The highest BCUT2D eigenvalue weighted by Crippen LogP contribution is 2.23. The molecule has 7 nitrogen and oxygen atoms in total. The van der Waals surface area contributed by atoms with Crippen molar-refractivity contribution in [1.82, 2.24) is 19.8 Å². The first-order chi connectivity index (χ1) is 14.0. The molecule has 0 unspecified atom stereocenters. The Kier molecular flexibility index (Phi) is 5.02. The van der Waals surface area contributed by atoms with E-state index in [-0.39, 0.29) is 18.2 Å². The van der Waals surface area contributed by atoms with Crippen LogP contribution in [-0.2, 0) is 11.2 Å². The van der Waals surface area contributed by atoms with Gasteiger partial charge in [0.05, 0.1) is 6.54 Å². The minimum absolute atomic E-state index is 0.273. The second kappa shape index (κ2) is 7.63. The molecule has 3 amide bonds. The molecule has 0 bridgehead atoms. The van der Waals surface area contributed by atoms with E-state index in [1.54, 1.807) is 12.3 Å². The van der Waals surface area contributed by atoms with E-state index in [2.05, 4.69) is 10.3 Å². The number of amides is 3. The molecule has 1 atom stereocenters. The van der Waals surface area contributed by atoms with Crippen molar-refractivity contribution in [2.75, 3.05) is 6.54 Å². The van der Waals surface area contributed by atoms with Crippen LogP contribution in [0.5, 0.6) is 0 Å². The zero-order valence-electron chi connectivity index (χ0n) is 16.1. The zero-order chi connectivity index (χ0) is 20.5. The summed E-state index contributed by atoms with van der Waals surface area (Å²) < 4.78 is 1.90. The van der Waals surface area contributed by atoms with E-state index >= 15 is 0 Å². The van der Waals surface area contributed by atoms with E-state index in [0.717, 1.165) is 27.0 Å². The molecule has 0 aliphatic carbocycles. The first kappa shape index (κ1) is 19.1. The number of imide groups is 1. The summed E-state index contributed by atoms with van der Waals surface area (Å²) >= 11 is 1.48. The predicted octanol–water partition coefficient (Wildman–Crippen LogP) is 2.90. The lowest BCUT2D eigenvalue weighted by Gasteiger charge is -2.12. The van der Waals surface area contributed by atoms with Crippen LogP contribution in [0.15, 0.2) is 48.0 Å². The standard InChI is InChI=1S/C21H20N4O3S/c1-13-10-16(14(2)25(13)21-22-8-9-29-21)18(26)12-24-19(27)17(23-20(24)28)11-15-6-4-3-5-7-15/h3-10,17H,11-12H2,1-2H3,(H,23,28)/t17-/m1/s1. The summed E-state index contributed by atoms with van der Waals surface area (Å²) in [5.74, 6) is -0.647. The van der Waals surface area contributed by atoms with E-state index in [1.165, 1.54) is 11.3 Å². The predicted molar refractivity (Wildman–Crippen MR) is 109 cm³/mol. The number of carbonyl (C=O) groups is 3. The molecule has 0 spiro atoms. The number of thiazole rings is 1. The van der Waals surface area contributed by atoms with Gasteiger partial charge in [0, 0.05) is 34.9 Å². The van der Waals surface area contributed by atoms with Gasteiger partial charge in [-0.1, -0.05) is 30.3 Å². The zero-order valence-corrected chi connectivity index (χ0v) is 16.9. The number of carbonyl (C=O) groups excluding carboxylic acids is 3. The van der Waals surface area contributed by atoms with E-state index in [1.807, 2.05) is 54.1 Å².